The molecule has 0 radical (unpaired) electrons. The van der Waals surface area contributed by atoms with Crippen molar-refractivity contribution in [3.05, 3.63) is 99.1 Å². The zero-order valence-electron chi connectivity index (χ0n) is 15.7. The number of aliphatic imine (C=N–C) groups is 1. The van der Waals surface area contributed by atoms with Crippen LogP contribution in [-0.2, 0) is 0 Å². The van der Waals surface area contributed by atoms with Crippen LogP contribution < -0.4 is 0 Å². The fourth-order valence-corrected chi connectivity index (χ4v) is 4.02. The minimum Gasteiger partial charge on any atom is -0.506 e. The van der Waals surface area contributed by atoms with Gasteiger partial charge in [0.1, 0.15) is 5.75 Å². The van der Waals surface area contributed by atoms with Crippen molar-refractivity contribution in [2.24, 2.45) is 10.1 Å². The van der Waals surface area contributed by atoms with Gasteiger partial charge in [-0.05, 0) is 33.6 Å². The third-order valence-electron chi connectivity index (χ3n) is 4.25. The van der Waals surface area contributed by atoms with Crippen molar-refractivity contribution >= 4 is 50.2 Å². The van der Waals surface area contributed by atoms with E-state index < -0.39 is 0 Å². The Morgan fingerprint density at radius 2 is 1.60 bits per heavy atom. The zero-order chi connectivity index (χ0) is 20.9. The average Bonchev–Trinajstić information content (AvgIpc) is 3.18. The van der Waals surface area contributed by atoms with Gasteiger partial charge in [0.05, 0.1) is 22.6 Å². The molecule has 148 valence electrons. The summed E-state index contributed by atoms with van der Waals surface area (Å²) < 4.78 is 3.02. The van der Waals surface area contributed by atoms with Gasteiger partial charge in [-0.3, -0.25) is 0 Å². The van der Waals surface area contributed by atoms with Crippen molar-refractivity contribution in [2.45, 2.75) is 0 Å². The maximum Gasteiger partial charge on any atom is 0.251 e. The summed E-state index contributed by atoms with van der Waals surface area (Å²) in [5.41, 5.74) is 3.25. The maximum atomic E-state index is 10.3. The van der Waals surface area contributed by atoms with Crippen LogP contribution in [0.15, 0.2) is 98.0 Å². The van der Waals surface area contributed by atoms with Crippen molar-refractivity contribution < 1.29 is 5.11 Å². The van der Waals surface area contributed by atoms with Gasteiger partial charge in [-0.25, -0.2) is 14.7 Å². The predicted octanol–water partition coefficient (Wildman–Crippen LogP) is 6.41. The minimum absolute atomic E-state index is 0.108. The molecule has 0 spiro atoms. The molecule has 0 fully saturated rings. The number of nitrogens with zero attached hydrogens (tertiary/aromatic N) is 4. The third kappa shape index (κ3) is 4.75. The van der Waals surface area contributed by atoms with Crippen LogP contribution in [0.4, 0.5) is 5.95 Å². The van der Waals surface area contributed by atoms with Gasteiger partial charge in [-0.2, -0.15) is 5.10 Å². The monoisotopic (exact) mass is 522 g/mol. The van der Waals surface area contributed by atoms with E-state index in [1.807, 2.05) is 66.9 Å². The van der Waals surface area contributed by atoms with E-state index >= 15 is 0 Å². The number of rotatable bonds is 5. The Bertz CT molecular complexity index is 1220. The van der Waals surface area contributed by atoms with Gasteiger partial charge in [-0.1, -0.05) is 76.6 Å². The van der Waals surface area contributed by atoms with Crippen molar-refractivity contribution in [1.82, 2.24) is 9.66 Å². The summed E-state index contributed by atoms with van der Waals surface area (Å²) in [6, 6.07) is 23.2. The zero-order valence-corrected chi connectivity index (χ0v) is 18.8. The number of imidazole rings is 1. The second kappa shape index (κ2) is 9.19. The number of aromatic nitrogens is 2. The molecular formula is C23H16Br2N4O. The summed E-state index contributed by atoms with van der Waals surface area (Å²) in [6.45, 7) is 0. The van der Waals surface area contributed by atoms with Gasteiger partial charge in [0.25, 0.3) is 5.95 Å². The fourth-order valence-electron chi connectivity index (χ4n) is 2.76. The fraction of sp³-hybridized carbons (Fsp3) is 0. The van der Waals surface area contributed by atoms with Gasteiger partial charge < -0.3 is 5.11 Å². The molecule has 3 aromatic carbocycles. The molecule has 0 saturated heterocycles. The van der Waals surface area contributed by atoms with Crippen molar-refractivity contribution in [3.63, 3.8) is 0 Å². The molecule has 0 aliphatic carbocycles. The second-order valence-corrected chi connectivity index (χ2v) is 8.15. The standard InChI is InChI=1S/C23H16Br2N4O/c24-19-11-18(22(30)20(25)12-19)14-26-23-28-21(17-9-5-2-6-10-17)15-29(23)27-13-16-7-3-1-4-8-16/h1-15,30H/b26-14+,27-13+. The molecule has 1 aromatic heterocycles. The van der Waals surface area contributed by atoms with Crippen LogP contribution >= 0.6 is 31.9 Å². The largest absolute Gasteiger partial charge is 0.506 e. The predicted molar refractivity (Wildman–Crippen MR) is 128 cm³/mol. The van der Waals surface area contributed by atoms with E-state index in [4.69, 9.17) is 0 Å². The number of hydrogen-bond donors (Lipinski definition) is 1. The number of hydrogen-bond acceptors (Lipinski definition) is 4. The lowest BCUT2D eigenvalue weighted by Crippen LogP contribution is -1.90. The smallest absolute Gasteiger partial charge is 0.251 e. The van der Waals surface area contributed by atoms with Crippen LogP contribution in [0.25, 0.3) is 11.3 Å². The van der Waals surface area contributed by atoms with E-state index in [9.17, 15) is 5.11 Å². The highest BCUT2D eigenvalue weighted by atomic mass is 79.9. The van der Waals surface area contributed by atoms with Crippen LogP contribution in [0, 0.1) is 0 Å². The van der Waals surface area contributed by atoms with Gasteiger partial charge in [-0.15, -0.1) is 0 Å². The van der Waals surface area contributed by atoms with Crippen LogP contribution in [-0.4, -0.2) is 27.2 Å². The molecule has 0 amide bonds. The molecule has 30 heavy (non-hydrogen) atoms. The van der Waals surface area contributed by atoms with Gasteiger partial charge in [0.2, 0.25) is 0 Å². The van der Waals surface area contributed by atoms with Crippen LogP contribution in [0.1, 0.15) is 11.1 Å². The quantitative estimate of drug-likeness (QED) is 0.307. The van der Waals surface area contributed by atoms with Crippen LogP contribution in [0.5, 0.6) is 5.75 Å². The maximum absolute atomic E-state index is 10.3. The van der Waals surface area contributed by atoms with Crippen LogP contribution in [0.2, 0.25) is 0 Å². The molecule has 5 nitrogen and oxygen atoms in total. The van der Waals surface area contributed by atoms with Gasteiger partial charge >= 0.3 is 0 Å². The molecule has 0 aliphatic rings. The van der Waals surface area contributed by atoms with E-state index in [-0.39, 0.29) is 5.75 Å². The Labute approximate surface area is 190 Å². The number of phenols is 1. The highest BCUT2D eigenvalue weighted by Gasteiger charge is 2.10. The lowest BCUT2D eigenvalue weighted by molar-refractivity contribution is 0.471. The molecule has 0 aliphatic heterocycles. The molecule has 0 unspecified atom stereocenters. The Hall–Kier alpha value is -3.03. The lowest BCUT2D eigenvalue weighted by atomic mass is 10.2. The van der Waals surface area contributed by atoms with E-state index in [2.05, 4.69) is 46.9 Å². The Morgan fingerprint density at radius 3 is 2.33 bits per heavy atom. The van der Waals surface area contributed by atoms with Crippen LogP contribution in [0.3, 0.4) is 0 Å². The lowest BCUT2D eigenvalue weighted by Gasteiger charge is -2.02. The van der Waals surface area contributed by atoms with E-state index in [1.165, 1.54) is 0 Å². The molecule has 4 rings (SSSR count). The average molecular weight is 524 g/mol. The summed E-state index contributed by atoms with van der Waals surface area (Å²) in [4.78, 5) is 9.12. The highest BCUT2D eigenvalue weighted by Crippen LogP contribution is 2.31. The normalized spacial score (nSPS) is 11.5. The Morgan fingerprint density at radius 1 is 0.900 bits per heavy atom. The summed E-state index contributed by atoms with van der Waals surface area (Å²) in [7, 11) is 0. The van der Waals surface area contributed by atoms with E-state index in [1.54, 1.807) is 29.2 Å². The van der Waals surface area contributed by atoms with Gasteiger partial charge in [0.15, 0.2) is 0 Å². The third-order valence-corrected chi connectivity index (χ3v) is 5.31. The molecule has 1 N–H and O–H groups in total. The summed E-state index contributed by atoms with van der Waals surface area (Å²) >= 11 is 6.76. The SMILES string of the molecule is Oc1c(Br)cc(Br)cc1/C=N/c1nc(-c2ccccc2)cn1/N=C/c1ccccc1. The Kier molecular flexibility index (Phi) is 6.21. The Balaban J connectivity index is 1.74. The van der Waals surface area contributed by atoms with E-state index in [0.717, 1.165) is 21.3 Å². The summed E-state index contributed by atoms with van der Waals surface area (Å²) in [5.74, 6) is 0.507. The minimum atomic E-state index is 0.108. The number of benzene rings is 3. The topological polar surface area (TPSA) is 62.8 Å². The molecule has 7 heteroatoms. The van der Waals surface area contributed by atoms with Crippen molar-refractivity contribution in [2.75, 3.05) is 0 Å². The molecule has 0 bridgehead atoms. The first-order valence-electron chi connectivity index (χ1n) is 9.06. The number of phenolic OH excluding ortho intramolecular Hbond substituents is 1. The first-order valence-corrected chi connectivity index (χ1v) is 10.6. The summed E-state index contributed by atoms with van der Waals surface area (Å²) in [5, 5.41) is 14.8. The molecule has 4 aromatic rings. The first-order chi connectivity index (χ1) is 14.6. The van der Waals surface area contributed by atoms with E-state index in [0.29, 0.717) is 16.0 Å². The number of halogens is 2. The van der Waals surface area contributed by atoms with Gasteiger partial charge in [0, 0.05) is 21.8 Å². The molecular weight excluding hydrogens is 508 g/mol. The highest BCUT2D eigenvalue weighted by molar-refractivity contribution is 9.11. The summed E-state index contributed by atoms with van der Waals surface area (Å²) in [6.07, 6.45) is 5.15. The molecule has 0 atom stereocenters. The molecule has 1 heterocycles. The van der Waals surface area contributed by atoms with Crippen molar-refractivity contribution in [1.29, 1.82) is 0 Å². The number of aromatic hydroxyl groups is 1. The van der Waals surface area contributed by atoms with Crippen molar-refractivity contribution in [3.8, 4) is 17.0 Å². The molecule has 0 saturated carbocycles. The second-order valence-electron chi connectivity index (χ2n) is 6.38. The first kappa shape index (κ1) is 20.3.